The van der Waals surface area contributed by atoms with Crippen LogP contribution < -0.4 is 4.74 Å². The van der Waals surface area contributed by atoms with E-state index >= 15 is 0 Å². The summed E-state index contributed by atoms with van der Waals surface area (Å²) in [6.07, 6.45) is 11.9. The molecule has 1 unspecified atom stereocenters. The summed E-state index contributed by atoms with van der Waals surface area (Å²) >= 11 is 0. The summed E-state index contributed by atoms with van der Waals surface area (Å²) in [5.74, 6) is -0.811. The highest BCUT2D eigenvalue weighted by Crippen LogP contribution is 2.75. The maximum Gasteiger partial charge on any atom is 0.342 e. The minimum Gasteiger partial charge on any atom is -0.481 e. The average Bonchev–Trinajstić information content (AvgIpc) is 3.00. The van der Waals surface area contributed by atoms with Crippen molar-refractivity contribution in [1.82, 2.24) is 0 Å². The minimum atomic E-state index is -0.647. The van der Waals surface area contributed by atoms with Gasteiger partial charge in [-0.15, -0.1) is 0 Å². The summed E-state index contributed by atoms with van der Waals surface area (Å²) in [7, 11) is 0. The lowest BCUT2D eigenvalue weighted by Gasteiger charge is -2.70. The van der Waals surface area contributed by atoms with Gasteiger partial charge in [-0.25, -0.2) is 4.79 Å². The van der Waals surface area contributed by atoms with Crippen LogP contribution >= 0.6 is 0 Å². The Morgan fingerprint density at radius 2 is 1.60 bits per heavy atom. The van der Waals surface area contributed by atoms with Gasteiger partial charge in [0.25, 0.3) is 0 Å². The molecule has 0 heterocycles. The Hall–Kier alpha value is -2.96. The monoisotopic (exact) mass is 659 g/mol. The van der Waals surface area contributed by atoms with Crippen molar-refractivity contribution < 1.29 is 29.1 Å². The molecule has 8 atom stereocenters. The fourth-order valence-corrected chi connectivity index (χ4v) is 12.0. The van der Waals surface area contributed by atoms with E-state index in [1.807, 2.05) is 6.07 Å². The molecule has 0 aliphatic heterocycles. The van der Waals surface area contributed by atoms with Crippen molar-refractivity contribution in [3.05, 3.63) is 41.5 Å². The number of aliphatic carboxylic acids is 1. The van der Waals surface area contributed by atoms with Gasteiger partial charge < -0.3 is 14.7 Å². The van der Waals surface area contributed by atoms with Crippen LogP contribution in [0.4, 0.5) is 0 Å². The lowest BCUT2D eigenvalue weighted by Crippen LogP contribution is -2.64. The zero-order chi connectivity index (χ0) is 35.1. The molecule has 7 nitrogen and oxygen atoms in total. The zero-order valence-electron chi connectivity index (χ0n) is 30.7. The number of hydrogen-bond donors (Lipinski definition) is 1. The molecule has 0 spiro atoms. The van der Waals surface area contributed by atoms with Crippen LogP contribution in [0.25, 0.3) is 0 Å². The van der Waals surface area contributed by atoms with Crippen LogP contribution in [-0.2, 0) is 19.2 Å². The molecule has 1 aromatic rings. The number of para-hydroxylation sites is 1. The fraction of sp³-hybridized carbons (Fsp3) is 0.707. The van der Waals surface area contributed by atoms with Gasteiger partial charge in [0.1, 0.15) is 5.75 Å². The van der Waals surface area contributed by atoms with E-state index in [0.717, 1.165) is 69.9 Å². The molecule has 0 bridgehead atoms. The van der Waals surface area contributed by atoms with Crippen LogP contribution in [0.1, 0.15) is 138 Å². The van der Waals surface area contributed by atoms with Gasteiger partial charge in [0.05, 0.1) is 17.0 Å². The van der Waals surface area contributed by atoms with E-state index in [2.05, 4.69) is 59.7 Å². The molecule has 5 aliphatic carbocycles. The number of rotatable bonds is 5. The van der Waals surface area contributed by atoms with E-state index in [9.17, 15) is 19.5 Å². The van der Waals surface area contributed by atoms with Crippen molar-refractivity contribution in [2.45, 2.75) is 132 Å². The number of benzene rings is 1. The van der Waals surface area contributed by atoms with Crippen molar-refractivity contribution >= 4 is 23.6 Å². The van der Waals surface area contributed by atoms with Gasteiger partial charge >= 0.3 is 17.9 Å². The van der Waals surface area contributed by atoms with Gasteiger partial charge in [-0.3, -0.25) is 9.59 Å². The number of carbonyl (C=O) groups is 3. The number of carbonyl (C=O) groups excluding carboxylic acids is 2. The number of allylic oxidation sites excluding steroid dienone is 2. The molecule has 1 N–H and O–H groups in total. The third-order valence-corrected chi connectivity index (χ3v) is 15.1. The second-order valence-corrected chi connectivity index (χ2v) is 18.2. The maximum absolute atomic E-state index is 13.3. The molecule has 1 aromatic carbocycles. The number of fused-ring (bicyclic) bond motifs is 7. The van der Waals surface area contributed by atoms with E-state index in [-0.39, 0.29) is 33.0 Å². The van der Waals surface area contributed by atoms with E-state index in [1.165, 1.54) is 12.5 Å². The van der Waals surface area contributed by atoms with E-state index in [0.29, 0.717) is 23.1 Å². The standard InChI is InChI=1S/C41H57NO6/c1-25(27-12-10-11-13-30(27)47-26(2)43)34(44)48-42-33-17-18-38(7)31(37(33,5)6)16-19-40(9)32(38)15-14-28-29-24-36(3,4)20-22-41(29,35(45)46)23-21-39(28,40)8/h10-14,25,29,31-32H,15-24H2,1-9H3,(H,45,46)/b42-33+/t25?,29-,31-,32+,38-,39+,40+,41-/m0/s1. The Bertz CT molecular complexity index is 1570. The summed E-state index contributed by atoms with van der Waals surface area (Å²) in [5, 5.41) is 15.2. The lowest BCUT2D eigenvalue weighted by molar-refractivity contribution is -0.179. The highest BCUT2D eigenvalue weighted by Gasteiger charge is 2.69. The number of ether oxygens (including phenoxy) is 1. The van der Waals surface area contributed by atoms with Crippen molar-refractivity contribution in [3.8, 4) is 5.75 Å². The van der Waals surface area contributed by atoms with Crippen molar-refractivity contribution in [2.75, 3.05) is 0 Å². The summed E-state index contributed by atoms with van der Waals surface area (Å²) in [6, 6.07) is 7.05. The third kappa shape index (κ3) is 5.11. The molecule has 0 aromatic heterocycles. The fourth-order valence-electron chi connectivity index (χ4n) is 12.0. The van der Waals surface area contributed by atoms with E-state index in [1.54, 1.807) is 25.1 Å². The summed E-state index contributed by atoms with van der Waals surface area (Å²) in [5.41, 5.74) is 2.40. The van der Waals surface area contributed by atoms with Gasteiger partial charge in [-0.05, 0) is 117 Å². The Labute approximate surface area is 287 Å². The molecule has 4 fully saturated rings. The molecular formula is C41H57NO6. The zero-order valence-corrected chi connectivity index (χ0v) is 30.7. The van der Waals surface area contributed by atoms with Crippen LogP contribution in [0.2, 0.25) is 0 Å². The first-order valence-corrected chi connectivity index (χ1v) is 18.3. The normalized spacial score (nSPS) is 39.4. The first-order valence-electron chi connectivity index (χ1n) is 18.3. The molecule has 4 saturated carbocycles. The average molecular weight is 660 g/mol. The van der Waals surface area contributed by atoms with Gasteiger partial charge in [0, 0.05) is 17.9 Å². The van der Waals surface area contributed by atoms with Crippen LogP contribution in [0.15, 0.2) is 41.1 Å². The maximum atomic E-state index is 13.3. The smallest absolute Gasteiger partial charge is 0.342 e. The number of carboxylic acid groups (broad SMARTS) is 1. The second-order valence-electron chi connectivity index (χ2n) is 18.2. The number of carboxylic acids is 1. The number of hydrogen-bond acceptors (Lipinski definition) is 6. The number of esters is 1. The number of oxime groups is 1. The SMILES string of the molecule is CC(=O)Oc1ccccc1C(C)C(=O)O/N=C1\CC[C@]2(C)[C@H]3CC=C4[C@@H]5CC(C)(C)CC[C@]5(C(=O)O)CC[C@@]4(C)[C@]3(C)CC[C@H]2C1(C)C. The van der Waals surface area contributed by atoms with Gasteiger partial charge in [-0.1, -0.05) is 83.5 Å². The Kier molecular flexibility index (Phi) is 8.40. The lowest BCUT2D eigenvalue weighted by atomic mass is 9.33. The largest absolute Gasteiger partial charge is 0.481 e. The summed E-state index contributed by atoms with van der Waals surface area (Å²) < 4.78 is 5.34. The Morgan fingerprint density at radius 3 is 2.29 bits per heavy atom. The predicted octanol–water partition coefficient (Wildman–Crippen LogP) is 9.50. The quantitative estimate of drug-likeness (QED) is 0.111. The van der Waals surface area contributed by atoms with E-state index in [4.69, 9.17) is 9.57 Å². The molecule has 0 radical (unpaired) electrons. The Balaban J connectivity index is 1.26. The highest BCUT2D eigenvalue weighted by molar-refractivity contribution is 5.91. The van der Waals surface area contributed by atoms with Crippen LogP contribution in [0.3, 0.4) is 0 Å². The molecule has 0 saturated heterocycles. The second kappa shape index (κ2) is 11.6. The van der Waals surface area contributed by atoms with Crippen molar-refractivity contribution in [3.63, 3.8) is 0 Å². The van der Waals surface area contributed by atoms with Crippen LogP contribution in [0, 0.1) is 50.2 Å². The van der Waals surface area contributed by atoms with Crippen LogP contribution in [-0.4, -0.2) is 28.7 Å². The van der Waals surface area contributed by atoms with Crippen molar-refractivity contribution in [1.29, 1.82) is 0 Å². The third-order valence-electron chi connectivity index (χ3n) is 15.1. The Morgan fingerprint density at radius 1 is 0.917 bits per heavy atom. The molecule has 48 heavy (non-hydrogen) atoms. The highest BCUT2D eigenvalue weighted by atomic mass is 16.7. The van der Waals surface area contributed by atoms with Gasteiger partial charge in [0.2, 0.25) is 0 Å². The summed E-state index contributed by atoms with van der Waals surface area (Å²) in [4.78, 5) is 43.5. The van der Waals surface area contributed by atoms with E-state index < -0.39 is 29.2 Å². The molecule has 5 aliphatic rings. The summed E-state index contributed by atoms with van der Waals surface area (Å²) in [6.45, 7) is 19.9. The van der Waals surface area contributed by atoms with Gasteiger partial charge in [0.15, 0.2) is 0 Å². The minimum absolute atomic E-state index is 0.0203. The number of nitrogens with zero attached hydrogens (tertiary/aromatic N) is 1. The molecule has 0 amide bonds. The topological polar surface area (TPSA) is 102 Å². The van der Waals surface area contributed by atoms with Crippen LogP contribution in [0.5, 0.6) is 5.75 Å². The van der Waals surface area contributed by atoms with Crippen molar-refractivity contribution in [2.24, 2.45) is 55.4 Å². The first-order chi connectivity index (χ1) is 22.3. The molecule has 262 valence electrons. The predicted molar refractivity (Wildman–Crippen MR) is 186 cm³/mol. The molecule has 7 heteroatoms. The molecular weight excluding hydrogens is 602 g/mol. The van der Waals surface area contributed by atoms with Gasteiger partial charge in [-0.2, -0.15) is 0 Å². The molecule has 6 rings (SSSR count). The first kappa shape index (κ1) is 34.9.